The average molecular weight is 228 g/mol. The number of aromatic nitrogens is 2. The molecule has 0 fully saturated rings. The van der Waals surface area contributed by atoms with Gasteiger partial charge in [-0.3, -0.25) is 0 Å². The Hall–Kier alpha value is -1.14. The van der Waals surface area contributed by atoms with Gasteiger partial charge >= 0.3 is 6.01 Å². The van der Waals surface area contributed by atoms with Crippen LogP contribution in [0.15, 0.2) is 4.42 Å². The normalized spacial score (nSPS) is 11.0. The molecule has 16 heavy (non-hydrogen) atoms. The summed E-state index contributed by atoms with van der Waals surface area (Å²) in [5.74, 6) is 1.14. The molecule has 0 atom stereocenters. The summed E-state index contributed by atoms with van der Waals surface area (Å²) in [6.07, 6.45) is 0. The van der Waals surface area contributed by atoms with E-state index in [0.717, 1.165) is 13.1 Å². The van der Waals surface area contributed by atoms with E-state index in [0.29, 0.717) is 31.0 Å². The van der Waals surface area contributed by atoms with E-state index in [1.807, 2.05) is 0 Å². The Labute approximate surface area is 95.8 Å². The first-order valence-electron chi connectivity index (χ1n) is 5.48. The molecule has 0 saturated carbocycles. The van der Waals surface area contributed by atoms with Crippen molar-refractivity contribution < 1.29 is 9.15 Å². The van der Waals surface area contributed by atoms with Crippen LogP contribution in [0.4, 0.5) is 6.01 Å². The van der Waals surface area contributed by atoms with Crippen molar-refractivity contribution in [3.05, 3.63) is 5.89 Å². The Kier molecular flexibility index (Phi) is 5.81. The van der Waals surface area contributed by atoms with Gasteiger partial charge in [0.25, 0.3) is 0 Å². The van der Waals surface area contributed by atoms with E-state index in [4.69, 9.17) is 9.15 Å². The number of anilines is 1. The predicted molar refractivity (Wildman–Crippen MR) is 61.2 cm³/mol. The van der Waals surface area contributed by atoms with E-state index in [-0.39, 0.29) is 0 Å². The molecule has 1 heterocycles. The number of methoxy groups -OCH3 is 1. The lowest BCUT2D eigenvalue weighted by atomic mass is 10.2. The SMILES string of the molecule is COCCNCc1nnc(NCC(C)C)o1. The molecule has 6 nitrogen and oxygen atoms in total. The maximum Gasteiger partial charge on any atom is 0.315 e. The number of nitrogens with one attached hydrogen (secondary N) is 2. The van der Waals surface area contributed by atoms with Crippen LogP contribution >= 0.6 is 0 Å². The molecular weight excluding hydrogens is 208 g/mol. The minimum Gasteiger partial charge on any atom is -0.407 e. The zero-order valence-corrected chi connectivity index (χ0v) is 10.1. The summed E-state index contributed by atoms with van der Waals surface area (Å²) in [5.41, 5.74) is 0. The van der Waals surface area contributed by atoms with Crippen LogP contribution in [0.3, 0.4) is 0 Å². The quantitative estimate of drug-likeness (QED) is 0.643. The van der Waals surface area contributed by atoms with Crippen molar-refractivity contribution in [2.24, 2.45) is 5.92 Å². The number of hydrogen-bond donors (Lipinski definition) is 2. The molecule has 92 valence electrons. The van der Waals surface area contributed by atoms with Gasteiger partial charge < -0.3 is 19.8 Å². The van der Waals surface area contributed by atoms with Crippen LogP contribution in [-0.2, 0) is 11.3 Å². The molecule has 1 aromatic heterocycles. The van der Waals surface area contributed by atoms with Gasteiger partial charge in [-0.15, -0.1) is 5.10 Å². The van der Waals surface area contributed by atoms with Crippen LogP contribution < -0.4 is 10.6 Å². The molecule has 6 heteroatoms. The first kappa shape index (κ1) is 12.9. The second-order valence-corrected chi connectivity index (χ2v) is 3.95. The number of ether oxygens (including phenoxy) is 1. The van der Waals surface area contributed by atoms with Crippen LogP contribution in [-0.4, -0.2) is 37.0 Å². The van der Waals surface area contributed by atoms with Crippen molar-refractivity contribution >= 4 is 6.01 Å². The molecule has 0 radical (unpaired) electrons. The number of rotatable bonds is 8. The third kappa shape index (κ3) is 5.09. The van der Waals surface area contributed by atoms with E-state index < -0.39 is 0 Å². The topological polar surface area (TPSA) is 72.2 Å². The Morgan fingerprint density at radius 1 is 1.38 bits per heavy atom. The van der Waals surface area contributed by atoms with Gasteiger partial charge in [-0.05, 0) is 5.92 Å². The molecule has 1 rings (SSSR count). The molecule has 0 aliphatic heterocycles. The van der Waals surface area contributed by atoms with Crippen molar-refractivity contribution in [3.8, 4) is 0 Å². The summed E-state index contributed by atoms with van der Waals surface area (Å²) in [6.45, 7) is 7.09. The van der Waals surface area contributed by atoms with E-state index in [9.17, 15) is 0 Å². The molecule has 0 saturated heterocycles. The van der Waals surface area contributed by atoms with Gasteiger partial charge in [-0.2, -0.15) is 0 Å². The monoisotopic (exact) mass is 228 g/mol. The molecule has 1 aromatic rings. The number of nitrogens with zero attached hydrogens (tertiary/aromatic N) is 2. The van der Waals surface area contributed by atoms with Gasteiger partial charge in [-0.1, -0.05) is 18.9 Å². The highest BCUT2D eigenvalue weighted by atomic mass is 16.5. The van der Waals surface area contributed by atoms with Crippen LogP contribution in [0.5, 0.6) is 0 Å². The zero-order valence-electron chi connectivity index (χ0n) is 10.1. The fraction of sp³-hybridized carbons (Fsp3) is 0.800. The summed E-state index contributed by atoms with van der Waals surface area (Å²) in [5, 5.41) is 14.0. The minimum absolute atomic E-state index is 0.484. The van der Waals surface area contributed by atoms with Crippen molar-refractivity contribution in [2.45, 2.75) is 20.4 Å². The highest BCUT2D eigenvalue weighted by molar-refractivity contribution is 5.16. The molecule has 0 spiro atoms. The third-order valence-electron chi connectivity index (χ3n) is 1.89. The molecule has 0 bridgehead atoms. The molecule has 0 aromatic carbocycles. The lowest BCUT2D eigenvalue weighted by Crippen LogP contribution is -2.18. The predicted octanol–water partition coefficient (Wildman–Crippen LogP) is 0.873. The van der Waals surface area contributed by atoms with Crippen molar-refractivity contribution in [1.29, 1.82) is 0 Å². The maximum absolute atomic E-state index is 5.38. The minimum atomic E-state index is 0.484. The lowest BCUT2D eigenvalue weighted by Gasteiger charge is -2.03. The number of hydrogen-bond acceptors (Lipinski definition) is 6. The zero-order chi connectivity index (χ0) is 11.8. The largest absolute Gasteiger partial charge is 0.407 e. The molecule has 0 aliphatic carbocycles. The maximum atomic E-state index is 5.38. The van der Waals surface area contributed by atoms with E-state index in [1.165, 1.54) is 0 Å². The first-order chi connectivity index (χ1) is 7.72. The van der Waals surface area contributed by atoms with Crippen LogP contribution in [0.25, 0.3) is 0 Å². The fourth-order valence-corrected chi connectivity index (χ4v) is 1.06. The summed E-state index contributed by atoms with van der Waals surface area (Å²) in [6, 6.07) is 0.484. The molecule has 0 unspecified atom stereocenters. The van der Waals surface area contributed by atoms with E-state index in [2.05, 4.69) is 34.7 Å². The van der Waals surface area contributed by atoms with E-state index in [1.54, 1.807) is 7.11 Å². The first-order valence-corrected chi connectivity index (χ1v) is 5.48. The van der Waals surface area contributed by atoms with Crippen LogP contribution in [0.2, 0.25) is 0 Å². The summed E-state index contributed by atoms with van der Waals surface area (Å²) in [4.78, 5) is 0. The summed E-state index contributed by atoms with van der Waals surface area (Å²) >= 11 is 0. The van der Waals surface area contributed by atoms with Gasteiger partial charge in [-0.25, -0.2) is 0 Å². The van der Waals surface area contributed by atoms with Crippen LogP contribution in [0.1, 0.15) is 19.7 Å². The van der Waals surface area contributed by atoms with Crippen molar-refractivity contribution in [3.63, 3.8) is 0 Å². The van der Waals surface area contributed by atoms with Gasteiger partial charge in [0.15, 0.2) is 0 Å². The van der Waals surface area contributed by atoms with E-state index >= 15 is 0 Å². The second kappa shape index (κ2) is 7.19. The van der Waals surface area contributed by atoms with Gasteiger partial charge in [0.2, 0.25) is 5.89 Å². The van der Waals surface area contributed by atoms with Gasteiger partial charge in [0, 0.05) is 20.2 Å². The highest BCUT2D eigenvalue weighted by Gasteiger charge is 2.05. The van der Waals surface area contributed by atoms with Crippen molar-refractivity contribution in [2.75, 3.05) is 32.1 Å². The standard InChI is InChI=1S/C10H20N4O2/c1-8(2)6-12-10-14-13-9(16-10)7-11-4-5-15-3/h8,11H,4-7H2,1-3H3,(H,12,14). The van der Waals surface area contributed by atoms with Gasteiger partial charge in [0.05, 0.1) is 13.2 Å². The highest BCUT2D eigenvalue weighted by Crippen LogP contribution is 2.05. The molecule has 0 aliphatic rings. The average Bonchev–Trinajstić information content (AvgIpc) is 2.70. The lowest BCUT2D eigenvalue weighted by molar-refractivity contribution is 0.198. The summed E-state index contributed by atoms with van der Waals surface area (Å²) in [7, 11) is 1.67. The third-order valence-corrected chi connectivity index (χ3v) is 1.89. The molecule has 2 N–H and O–H groups in total. The smallest absolute Gasteiger partial charge is 0.315 e. The molecule has 0 amide bonds. The Morgan fingerprint density at radius 3 is 2.88 bits per heavy atom. The molecular formula is C10H20N4O2. The van der Waals surface area contributed by atoms with Gasteiger partial charge in [0.1, 0.15) is 0 Å². The Bertz CT molecular complexity index is 288. The fourth-order valence-electron chi connectivity index (χ4n) is 1.06. The second-order valence-electron chi connectivity index (χ2n) is 3.95. The Morgan fingerprint density at radius 2 is 2.19 bits per heavy atom. The van der Waals surface area contributed by atoms with Crippen LogP contribution in [0, 0.1) is 5.92 Å². The van der Waals surface area contributed by atoms with Crippen molar-refractivity contribution in [1.82, 2.24) is 15.5 Å². The summed E-state index contributed by atoms with van der Waals surface area (Å²) < 4.78 is 10.3. The Balaban J connectivity index is 2.22.